The summed E-state index contributed by atoms with van der Waals surface area (Å²) in [4.78, 5) is 55.1. The second-order valence-corrected chi connectivity index (χ2v) is 21.6. The summed E-state index contributed by atoms with van der Waals surface area (Å²) in [6, 6.07) is 11.2. The molecule has 9 nitrogen and oxygen atoms in total. The van der Waals surface area contributed by atoms with Crippen LogP contribution >= 0.6 is 0 Å². The maximum atomic E-state index is 14.6. The average molecular weight is 927 g/mol. The molecule has 5 aliphatic rings. The molecule has 0 amide bonds. The molecule has 2 aromatic carbocycles. The van der Waals surface area contributed by atoms with Crippen LogP contribution in [0.5, 0.6) is 5.75 Å². The fourth-order valence-corrected chi connectivity index (χ4v) is 14.2. The Kier molecular flexibility index (Phi) is 13.5. The van der Waals surface area contributed by atoms with Crippen LogP contribution in [0.3, 0.4) is 0 Å². The predicted octanol–water partition coefficient (Wildman–Crippen LogP) is 8.80. The summed E-state index contributed by atoms with van der Waals surface area (Å²) in [7, 11) is -6.68. The van der Waals surface area contributed by atoms with Crippen LogP contribution in [0.25, 0.3) is 10.8 Å². The molecule has 344 valence electrons. The Balaban J connectivity index is 0.000000254. The Morgan fingerprint density at radius 2 is 1.53 bits per heavy atom. The molecular weight excluding hydrogens is 877 g/mol. The summed E-state index contributed by atoms with van der Waals surface area (Å²) in [5, 5.41) is -4.19. The van der Waals surface area contributed by atoms with Gasteiger partial charge in [-0.3, -0.25) is 19.2 Å². The lowest BCUT2D eigenvalue weighted by atomic mass is 9.43. The fraction of sp³-hybridized carbons (Fsp3) is 0.674. The van der Waals surface area contributed by atoms with Crippen molar-refractivity contribution in [2.75, 3.05) is 18.1 Å². The van der Waals surface area contributed by atoms with E-state index >= 15 is 0 Å². The zero-order valence-electron chi connectivity index (χ0n) is 34.6. The Morgan fingerprint density at radius 1 is 0.903 bits per heavy atom. The van der Waals surface area contributed by atoms with Crippen LogP contribution in [0.15, 0.2) is 41.3 Å². The molecule has 0 radical (unpaired) electrons. The van der Waals surface area contributed by atoms with Crippen molar-refractivity contribution in [2.45, 2.75) is 120 Å². The van der Waals surface area contributed by atoms with Crippen molar-refractivity contribution in [2.24, 2.45) is 46.3 Å². The first kappa shape index (κ1) is 48.3. The summed E-state index contributed by atoms with van der Waals surface area (Å²) < 4.78 is 151. The SMILES string of the molecule is CCC[C@@H](C)[C@H]1C(=O)C(OC(C(F)(F)F)C(F)(F)S(=O)(=O)[O-])[C@H]2[C@@H]3C(=O)CC4CC(=O)CC[C@]4(C)[C@H]3CC(=O)[C@]12C.FC(F)(F)COc1ccc([S+]2CCCC2)c2ccccc12. The minimum absolute atomic E-state index is 0.0644. The van der Waals surface area contributed by atoms with Crippen LogP contribution in [-0.2, 0) is 44.9 Å². The summed E-state index contributed by atoms with van der Waals surface area (Å²) >= 11 is 0. The molecule has 1 aliphatic heterocycles. The van der Waals surface area contributed by atoms with Crippen LogP contribution in [0.4, 0.5) is 35.1 Å². The van der Waals surface area contributed by atoms with Gasteiger partial charge in [-0.25, -0.2) is 8.42 Å². The second-order valence-electron chi connectivity index (χ2n) is 17.9. The molecule has 62 heavy (non-hydrogen) atoms. The predicted molar refractivity (Wildman–Crippen MR) is 210 cm³/mol. The quantitative estimate of drug-likeness (QED) is 0.130. The number of Topliss-reactive ketones (excluding diaryl/α,β-unsaturated/α-hetero) is 4. The van der Waals surface area contributed by atoms with E-state index in [1.54, 1.807) is 26.8 Å². The number of ketones is 4. The molecule has 3 unspecified atom stereocenters. The lowest BCUT2D eigenvalue weighted by molar-refractivity contribution is -0.279. The molecule has 1 saturated heterocycles. The van der Waals surface area contributed by atoms with Gasteiger partial charge < -0.3 is 14.0 Å². The highest BCUT2D eigenvalue weighted by atomic mass is 32.2. The highest BCUT2D eigenvalue weighted by Crippen LogP contribution is 2.66. The van der Waals surface area contributed by atoms with Gasteiger partial charge in [-0.05, 0) is 60.6 Å². The lowest BCUT2D eigenvalue weighted by Crippen LogP contribution is -2.62. The number of carbonyl (C=O) groups is 4. The van der Waals surface area contributed by atoms with Crippen LogP contribution in [0.2, 0.25) is 0 Å². The number of ether oxygens (including phenoxy) is 2. The molecule has 19 heteroatoms. The molecule has 4 aliphatic carbocycles. The summed E-state index contributed by atoms with van der Waals surface area (Å²) in [6.07, 6.45) is -13.7. The minimum atomic E-state index is -6.91. The van der Waals surface area contributed by atoms with E-state index in [4.69, 9.17) is 9.47 Å². The van der Waals surface area contributed by atoms with Gasteiger partial charge in [0.2, 0.25) is 6.10 Å². The average Bonchev–Trinajstić information content (AvgIpc) is 3.78. The summed E-state index contributed by atoms with van der Waals surface area (Å²) in [6.45, 7) is 5.27. The van der Waals surface area contributed by atoms with Gasteiger partial charge in [0.25, 0.3) is 0 Å². The summed E-state index contributed by atoms with van der Waals surface area (Å²) in [5.41, 5.74) is -2.53. The molecule has 10 atom stereocenters. The van der Waals surface area contributed by atoms with Crippen molar-refractivity contribution in [3.63, 3.8) is 0 Å². The number of halogens is 8. The van der Waals surface area contributed by atoms with Crippen LogP contribution in [0.1, 0.15) is 85.5 Å². The van der Waals surface area contributed by atoms with Gasteiger partial charge in [0.15, 0.2) is 27.4 Å². The highest BCUT2D eigenvalue weighted by Gasteiger charge is 2.73. The van der Waals surface area contributed by atoms with Crippen LogP contribution in [0, 0.1) is 46.3 Å². The fourth-order valence-electron chi connectivity index (χ4n) is 11.3. The molecule has 1 heterocycles. The van der Waals surface area contributed by atoms with Crippen molar-refractivity contribution in [3.8, 4) is 5.75 Å². The standard InChI is InChI=1S/C27H35F5O8S.C16H16F3OS/c1-5-6-12(2)19-21(36)22(40-23(26(28,29)30)27(31,32)41(37,38)39)20-18-15(11-17(35)25(19,20)4)24(3)8-7-14(33)9-13(24)10-16(18)34;17-16(18,19)11-20-14-7-8-15(21-9-3-4-10-21)13-6-2-1-5-12(13)14/h12-13,15,18-20,22-23H,5-11H2,1-4H3,(H,37,38,39);1-2,5-8H,3-4,9-11H2/q;+1/p-1/t12-,13?,15+,18+,19+,20-,22?,23?,24+,25-;/m1./s1. The Morgan fingerprint density at radius 3 is 2.11 bits per heavy atom. The molecule has 4 saturated carbocycles. The van der Waals surface area contributed by atoms with Gasteiger partial charge in [0.1, 0.15) is 40.7 Å². The minimum Gasteiger partial charge on any atom is -0.743 e. The number of benzene rings is 2. The molecule has 2 aromatic rings. The number of hydrogen-bond donors (Lipinski definition) is 0. The number of alkyl halides is 8. The number of hydrogen-bond acceptors (Lipinski definition) is 9. The zero-order chi connectivity index (χ0) is 46.0. The van der Waals surface area contributed by atoms with E-state index in [0.29, 0.717) is 25.0 Å². The molecule has 7 rings (SSSR count). The van der Waals surface area contributed by atoms with Gasteiger partial charge in [-0.2, -0.15) is 35.1 Å². The van der Waals surface area contributed by atoms with Gasteiger partial charge in [-0.1, -0.05) is 58.7 Å². The number of carbonyl (C=O) groups excluding carboxylic acids is 4. The van der Waals surface area contributed by atoms with E-state index < -0.39 is 110 Å². The zero-order valence-corrected chi connectivity index (χ0v) is 36.2. The smallest absolute Gasteiger partial charge is 0.422 e. The van der Waals surface area contributed by atoms with E-state index in [1.807, 2.05) is 30.3 Å². The first-order chi connectivity index (χ1) is 28.7. The maximum absolute atomic E-state index is 14.6. The second kappa shape index (κ2) is 17.3. The largest absolute Gasteiger partial charge is 0.743 e. The first-order valence-electron chi connectivity index (χ1n) is 20.7. The van der Waals surface area contributed by atoms with E-state index in [1.165, 1.54) is 36.2 Å². The maximum Gasteiger partial charge on any atom is 0.422 e. The summed E-state index contributed by atoms with van der Waals surface area (Å²) in [5.74, 6) is -5.45. The Hall–Kier alpha value is -3.16. The molecule has 5 fully saturated rings. The van der Waals surface area contributed by atoms with Crippen molar-refractivity contribution in [1.29, 1.82) is 0 Å². The third kappa shape index (κ3) is 8.81. The van der Waals surface area contributed by atoms with Crippen molar-refractivity contribution < 1.29 is 76.7 Å². The topological polar surface area (TPSA) is 144 Å². The molecule has 0 spiro atoms. The van der Waals surface area contributed by atoms with E-state index in [0.717, 1.165) is 10.8 Å². The van der Waals surface area contributed by atoms with Crippen molar-refractivity contribution in [1.82, 2.24) is 0 Å². The number of rotatable bonds is 10. The highest BCUT2D eigenvalue weighted by molar-refractivity contribution is 7.97. The molecule has 0 N–H and O–H groups in total. The van der Waals surface area contributed by atoms with E-state index in [9.17, 15) is 67.3 Å². The lowest BCUT2D eigenvalue weighted by Gasteiger charge is -2.59. The van der Waals surface area contributed by atoms with Crippen LogP contribution in [-0.4, -0.2) is 84.0 Å². The van der Waals surface area contributed by atoms with Gasteiger partial charge in [0, 0.05) is 70.5 Å². The van der Waals surface area contributed by atoms with E-state index in [-0.39, 0.29) is 42.4 Å². The van der Waals surface area contributed by atoms with Crippen LogP contribution < -0.4 is 4.74 Å². The molecule has 0 bridgehead atoms. The number of fused-ring (bicyclic) bond motifs is 6. The Bertz CT molecular complexity index is 2170. The first-order valence-corrected chi connectivity index (χ1v) is 23.7. The van der Waals surface area contributed by atoms with Gasteiger partial charge >= 0.3 is 17.6 Å². The molecule has 0 aromatic heterocycles. The molecular formula is C43H50F8O9S2. The third-order valence-corrected chi connectivity index (χ3v) is 17.6. The monoisotopic (exact) mass is 926 g/mol. The Labute approximate surface area is 357 Å². The van der Waals surface area contributed by atoms with E-state index in [2.05, 4.69) is 0 Å². The van der Waals surface area contributed by atoms with Crippen molar-refractivity contribution in [3.05, 3.63) is 36.4 Å². The van der Waals surface area contributed by atoms with Crippen molar-refractivity contribution >= 4 is 54.9 Å². The van der Waals surface area contributed by atoms with Gasteiger partial charge in [0.05, 0.1) is 0 Å². The van der Waals surface area contributed by atoms with Gasteiger partial charge in [-0.15, -0.1) is 0 Å². The normalized spacial score (nSPS) is 31.8. The third-order valence-electron chi connectivity index (χ3n) is 14.2.